The number of rotatable bonds is 18. The number of carbonyl (C=O) groups is 2. The molecule has 248 valence electrons. The normalized spacial score (nSPS) is 15.9. The summed E-state index contributed by atoms with van der Waals surface area (Å²) in [6, 6.07) is 0. The van der Waals surface area contributed by atoms with Gasteiger partial charge in [0, 0.05) is 14.2 Å². The number of hydrogen-bond acceptors (Lipinski definition) is 4. The fourth-order valence-electron chi connectivity index (χ4n) is 3.17. The largest absolute Gasteiger partial charge is 0.371 e. The first-order chi connectivity index (χ1) is 21.5. The molecule has 0 aromatic heterocycles. The third-order valence-corrected chi connectivity index (χ3v) is 6.90. The first kappa shape index (κ1) is 41.9. The first-order valence-electron chi connectivity index (χ1n) is 15.5. The summed E-state index contributed by atoms with van der Waals surface area (Å²) in [5, 5.41) is 0. The molecule has 0 unspecified atom stereocenters. The minimum Gasteiger partial charge on any atom is -0.371 e. The van der Waals surface area contributed by atoms with E-state index in [0.29, 0.717) is 0 Å². The van der Waals surface area contributed by atoms with Crippen LogP contribution in [0, 0.1) is 0 Å². The predicted molar refractivity (Wildman–Crippen MR) is 199 cm³/mol. The number of ketones is 2. The van der Waals surface area contributed by atoms with E-state index in [-0.39, 0.29) is 11.6 Å². The molecule has 0 atom stereocenters. The number of hydrogen-bond donors (Lipinski definition) is 0. The molecule has 0 rings (SSSR count). The Bertz CT molecular complexity index is 1310. The van der Waals surface area contributed by atoms with Gasteiger partial charge in [0.1, 0.15) is 11.2 Å². The molecule has 46 heavy (non-hydrogen) atoms. The second-order valence-corrected chi connectivity index (χ2v) is 12.1. The fraction of sp³-hybridized carbons (Fsp3) is 0.333. The van der Waals surface area contributed by atoms with Crippen LogP contribution in [0.1, 0.15) is 69.2 Å². The van der Waals surface area contributed by atoms with Crippen molar-refractivity contribution in [2.45, 2.75) is 80.4 Å². The van der Waals surface area contributed by atoms with Crippen LogP contribution in [0.2, 0.25) is 0 Å². The van der Waals surface area contributed by atoms with Crippen LogP contribution in [-0.4, -0.2) is 37.0 Å². The van der Waals surface area contributed by atoms with Crippen molar-refractivity contribution >= 4 is 11.6 Å². The highest BCUT2D eigenvalue weighted by Crippen LogP contribution is 2.12. The van der Waals surface area contributed by atoms with E-state index >= 15 is 0 Å². The second kappa shape index (κ2) is 22.4. The standard InChI is InChI=1S/C42H56O4/c1-33(21-15-23-35(3)25-17-27-37(5)29-31-39(43)41(7,8)45-11)19-13-14-20-34(2)22-16-24-36(4)26-18-28-38(6)30-32-40(44)42(9,10)46-12/h13-32H,1-12H3. The van der Waals surface area contributed by atoms with E-state index in [0.717, 1.165) is 33.4 Å². The number of carbonyl (C=O) groups excluding carboxylic acids is 2. The minimum absolute atomic E-state index is 0.0638. The molecule has 0 heterocycles. The topological polar surface area (TPSA) is 52.6 Å². The van der Waals surface area contributed by atoms with E-state index in [1.165, 1.54) is 14.2 Å². The van der Waals surface area contributed by atoms with Crippen LogP contribution in [0.4, 0.5) is 0 Å². The summed E-state index contributed by atoms with van der Waals surface area (Å²) in [4.78, 5) is 24.2. The van der Waals surface area contributed by atoms with E-state index in [9.17, 15) is 9.59 Å². The molecule has 0 saturated heterocycles. The monoisotopic (exact) mass is 624 g/mol. The predicted octanol–water partition coefficient (Wildman–Crippen LogP) is 10.5. The van der Waals surface area contributed by atoms with Crippen LogP contribution in [-0.2, 0) is 19.1 Å². The van der Waals surface area contributed by atoms with Crippen LogP contribution < -0.4 is 0 Å². The van der Waals surface area contributed by atoms with Gasteiger partial charge in [-0.1, -0.05) is 143 Å². The van der Waals surface area contributed by atoms with Gasteiger partial charge in [0.2, 0.25) is 0 Å². The summed E-state index contributed by atoms with van der Waals surface area (Å²) in [5.74, 6) is -0.128. The molecular weight excluding hydrogens is 568 g/mol. The Morgan fingerprint density at radius 1 is 0.370 bits per heavy atom. The molecular formula is C42H56O4. The van der Waals surface area contributed by atoms with Crippen molar-refractivity contribution in [1.29, 1.82) is 0 Å². The van der Waals surface area contributed by atoms with Gasteiger partial charge in [-0.15, -0.1) is 0 Å². The average Bonchev–Trinajstić information content (AvgIpc) is 3.00. The summed E-state index contributed by atoms with van der Waals surface area (Å²) in [7, 11) is 3.07. The van der Waals surface area contributed by atoms with Gasteiger partial charge in [-0.3, -0.25) is 9.59 Å². The Hall–Kier alpha value is -4.12. The molecule has 0 saturated carbocycles. The Balaban J connectivity index is 4.92. The summed E-state index contributed by atoms with van der Waals surface area (Å²) in [5.41, 5.74) is 4.87. The molecule has 0 N–H and O–H groups in total. The molecule has 0 aliphatic carbocycles. The lowest BCUT2D eigenvalue weighted by Crippen LogP contribution is -2.32. The van der Waals surface area contributed by atoms with Crippen molar-refractivity contribution in [1.82, 2.24) is 0 Å². The Kier molecular flexibility index (Phi) is 20.4. The van der Waals surface area contributed by atoms with Gasteiger partial charge in [-0.05, 0) is 81.4 Å². The lowest BCUT2D eigenvalue weighted by molar-refractivity contribution is -0.132. The molecule has 0 aromatic rings. The van der Waals surface area contributed by atoms with Gasteiger partial charge < -0.3 is 9.47 Å². The van der Waals surface area contributed by atoms with E-state index in [1.54, 1.807) is 52.0 Å². The zero-order chi connectivity index (χ0) is 35.2. The maximum absolute atomic E-state index is 12.1. The van der Waals surface area contributed by atoms with Gasteiger partial charge in [0.25, 0.3) is 0 Å². The summed E-state index contributed by atoms with van der Waals surface area (Å²) in [6.45, 7) is 19.2. The maximum Gasteiger partial charge on any atom is 0.186 e. The van der Waals surface area contributed by atoms with E-state index in [4.69, 9.17) is 9.47 Å². The minimum atomic E-state index is -0.810. The van der Waals surface area contributed by atoms with Gasteiger partial charge in [0.05, 0.1) is 0 Å². The molecule has 0 fully saturated rings. The van der Waals surface area contributed by atoms with Gasteiger partial charge in [-0.2, -0.15) is 0 Å². The quantitative estimate of drug-likeness (QED) is 0.112. The molecule has 0 amide bonds. The molecule has 0 radical (unpaired) electrons. The van der Waals surface area contributed by atoms with Crippen molar-refractivity contribution in [2.24, 2.45) is 0 Å². The van der Waals surface area contributed by atoms with Crippen molar-refractivity contribution in [3.05, 3.63) is 155 Å². The third kappa shape index (κ3) is 20.0. The summed E-state index contributed by atoms with van der Waals surface area (Å²) < 4.78 is 10.4. The van der Waals surface area contributed by atoms with Gasteiger partial charge in [-0.25, -0.2) is 0 Å². The summed E-state index contributed by atoms with van der Waals surface area (Å²) >= 11 is 0. The SMILES string of the molecule is COC(C)(C)C(=O)C=CC(C)=CC=CC(C)=CC=CC(C)=CC=CC=C(C)C=CC=C(C)C=CC=C(C)C=CC(=O)C(C)(C)OC. The zero-order valence-corrected chi connectivity index (χ0v) is 30.2. The lowest BCUT2D eigenvalue weighted by atomic mass is 10.0. The van der Waals surface area contributed by atoms with Gasteiger partial charge >= 0.3 is 0 Å². The maximum atomic E-state index is 12.1. The molecule has 0 aliphatic heterocycles. The molecule has 0 aromatic carbocycles. The van der Waals surface area contributed by atoms with Crippen LogP contribution >= 0.6 is 0 Å². The average molecular weight is 625 g/mol. The van der Waals surface area contributed by atoms with Crippen molar-refractivity contribution in [3.8, 4) is 0 Å². The van der Waals surface area contributed by atoms with Crippen molar-refractivity contribution in [2.75, 3.05) is 14.2 Å². The van der Waals surface area contributed by atoms with Crippen molar-refractivity contribution < 1.29 is 19.1 Å². The first-order valence-corrected chi connectivity index (χ1v) is 15.5. The molecule has 4 nitrogen and oxygen atoms in total. The number of ether oxygens (including phenoxy) is 2. The lowest BCUT2D eigenvalue weighted by Gasteiger charge is -2.18. The number of methoxy groups -OCH3 is 2. The van der Waals surface area contributed by atoms with E-state index in [2.05, 4.69) is 50.3 Å². The summed E-state index contributed by atoms with van der Waals surface area (Å²) in [6.07, 6.45) is 39.2. The van der Waals surface area contributed by atoms with Crippen LogP contribution in [0.25, 0.3) is 0 Å². The molecule has 4 heteroatoms. The molecule has 0 bridgehead atoms. The van der Waals surface area contributed by atoms with Crippen LogP contribution in [0.15, 0.2) is 155 Å². The fourth-order valence-corrected chi connectivity index (χ4v) is 3.17. The van der Waals surface area contributed by atoms with Crippen molar-refractivity contribution in [3.63, 3.8) is 0 Å². The second-order valence-electron chi connectivity index (χ2n) is 12.1. The number of allylic oxidation sites excluding steroid dienone is 24. The highest BCUT2D eigenvalue weighted by atomic mass is 16.5. The Morgan fingerprint density at radius 2 is 0.587 bits per heavy atom. The third-order valence-electron chi connectivity index (χ3n) is 6.90. The van der Waals surface area contributed by atoms with E-state index < -0.39 is 11.2 Å². The molecule has 0 spiro atoms. The highest BCUT2D eigenvalue weighted by molar-refractivity contribution is 5.97. The van der Waals surface area contributed by atoms with E-state index in [1.807, 2.05) is 88.5 Å². The Labute approximate surface area is 279 Å². The van der Waals surface area contributed by atoms with Gasteiger partial charge in [0.15, 0.2) is 11.6 Å². The smallest absolute Gasteiger partial charge is 0.186 e. The highest BCUT2D eigenvalue weighted by Gasteiger charge is 2.24. The molecule has 0 aliphatic rings. The zero-order valence-electron chi connectivity index (χ0n) is 30.2. The van der Waals surface area contributed by atoms with Crippen LogP contribution in [0.5, 0.6) is 0 Å². The van der Waals surface area contributed by atoms with Crippen LogP contribution in [0.3, 0.4) is 0 Å². The Morgan fingerprint density at radius 3 is 0.826 bits per heavy atom.